The Labute approximate surface area is 97.5 Å². The number of hydrogen-bond acceptors (Lipinski definition) is 3. The summed E-state index contributed by atoms with van der Waals surface area (Å²) in [5.74, 6) is -4.12. The van der Waals surface area contributed by atoms with Crippen molar-refractivity contribution >= 4 is 28.6 Å². The van der Waals surface area contributed by atoms with E-state index in [9.17, 15) is 13.6 Å². The topological polar surface area (TPSA) is 55.0 Å². The molecule has 0 bridgehead atoms. The Bertz CT molecular complexity index is 419. The van der Waals surface area contributed by atoms with Crippen LogP contribution < -0.4 is 0 Å². The Morgan fingerprint density at radius 1 is 1.73 bits per heavy atom. The summed E-state index contributed by atoms with van der Waals surface area (Å²) in [7, 11) is 1.22. The quantitative estimate of drug-likeness (QED) is 0.667. The minimum Gasteiger partial charge on any atom is -0.464 e. The predicted molar refractivity (Wildman–Crippen MR) is 54.9 cm³/mol. The van der Waals surface area contributed by atoms with Gasteiger partial charge in [0.25, 0.3) is 5.92 Å². The lowest BCUT2D eigenvalue weighted by Gasteiger charge is -1.96. The Morgan fingerprint density at radius 2 is 2.33 bits per heavy atom. The molecule has 1 unspecified atom stereocenters. The number of aromatic nitrogens is 2. The molecule has 1 atom stereocenters. The number of methoxy groups -OCH3 is 1. The van der Waals surface area contributed by atoms with E-state index in [1.165, 1.54) is 7.11 Å². The summed E-state index contributed by atoms with van der Waals surface area (Å²) in [4.78, 5) is 11.2. The lowest BCUT2D eigenvalue weighted by Crippen LogP contribution is -2.03. The molecule has 7 heteroatoms. The highest BCUT2D eigenvalue weighted by atomic mass is 127. The van der Waals surface area contributed by atoms with E-state index in [4.69, 9.17) is 0 Å². The van der Waals surface area contributed by atoms with Crippen LogP contribution in [0.25, 0.3) is 0 Å². The van der Waals surface area contributed by atoms with E-state index in [0.29, 0.717) is 9.26 Å². The highest BCUT2D eigenvalue weighted by Gasteiger charge is 2.59. The van der Waals surface area contributed by atoms with Gasteiger partial charge in [-0.1, -0.05) is 0 Å². The molecule has 1 N–H and O–H groups in total. The number of nitrogens with one attached hydrogen (secondary N) is 1. The molecule has 0 radical (unpaired) electrons. The third kappa shape index (κ3) is 1.72. The zero-order chi connectivity index (χ0) is 11.2. The maximum atomic E-state index is 12.8. The van der Waals surface area contributed by atoms with Crippen LogP contribution in [0.5, 0.6) is 0 Å². The molecule has 1 aromatic heterocycles. The van der Waals surface area contributed by atoms with E-state index >= 15 is 0 Å². The second-order valence-electron chi connectivity index (χ2n) is 3.31. The molecule has 1 aromatic rings. The van der Waals surface area contributed by atoms with E-state index in [-0.39, 0.29) is 12.1 Å². The first-order valence-corrected chi connectivity index (χ1v) is 5.25. The van der Waals surface area contributed by atoms with Crippen molar-refractivity contribution in [1.29, 1.82) is 0 Å². The number of carbonyl (C=O) groups is 1. The van der Waals surface area contributed by atoms with Crippen molar-refractivity contribution in [3.63, 3.8) is 0 Å². The Balaban J connectivity index is 2.29. The molecule has 1 saturated carbocycles. The van der Waals surface area contributed by atoms with Gasteiger partial charge >= 0.3 is 5.97 Å². The molecule has 0 aliphatic heterocycles. The largest absolute Gasteiger partial charge is 0.464 e. The van der Waals surface area contributed by atoms with Crippen molar-refractivity contribution in [1.82, 2.24) is 10.2 Å². The maximum Gasteiger partial charge on any atom is 0.359 e. The van der Waals surface area contributed by atoms with Gasteiger partial charge in [-0.25, -0.2) is 13.6 Å². The van der Waals surface area contributed by atoms with Crippen molar-refractivity contribution in [3.05, 3.63) is 15.0 Å². The van der Waals surface area contributed by atoms with Crippen molar-refractivity contribution in [3.8, 4) is 0 Å². The summed E-state index contributed by atoms with van der Waals surface area (Å²) in [5, 5.41) is 6.14. The van der Waals surface area contributed by atoms with Gasteiger partial charge in [-0.05, 0) is 22.6 Å². The van der Waals surface area contributed by atoms with Crippen LogP contribution in [-0.2, 0) is 4.74 Å². The van der Waals surface area contributed by atoms with Gasteiger partial charge in [-0.15, -0.1) is 0 Å². The zero-order valence-corrected chi connectivity index (χ0v) is 9.84. The van der Waals surface area contributed by atoms with E-state index in [1.807, 2.05) is 22.6 Å². The van der Waals surface area contributed by atoms with Crippen LogP contribution in [0, 0.1) is 3.57 Å². The summed E-state index contributed by atoms with van der Waals surface area (Å²) >= 11 is 1.82. The number of ether oxygens (including phenoxy) is 1. The number of hydrogen-bond donors (Lipinski definition) is 1. The molecule has 1 heterocycles. The fourth-order valence-electron chi connectivity index (χ4n) is 1.33. The van der Waals surface area contributed by atoms with E-state index in [1.54, 1.807) is 0 Å². The standard InChI is InChI=1S/C8H7F2IN2O2/c1-15-7(14)6-4(11)5(12-13-6)3-2-8(3,9)10/h3H,2H2,1H3,(H,12,13). The smallest absolute Gasteiger partial charge is 0.359 e. The van der Waals surface area contributed by atoms with Gasteiger partial charge in [-0.2, -0.15) is 5.10 Å². The first-order valence-electron chi connectivity index (χ1n) is 4.17. The Hall–Kier alpha value is -0.730. The molecular formula is C8H7F2IN2O2. The van der Waals surface area contributed by atoms with Crippen LogP contribution >= 0.6 is 22.6 Å². The summed E-state index contributed by atoms with van der Waals surface area (Å²) < 4.78 is 30.5. The number of nitrogens with zero attached hydrogens (tertiary/aromatic N) is 1. The first-order chi connectivity index (χ1) is 6.97. The number of H-pyrrole nitrogens is 1. The number of alkyl halides is 2. The summed E-state index contributed by atoms with van der Waals surface area (Å²) in [5.41, 5.74) is 0.386. The molecule has 82 valence electrons. The molecule has 1 fully saturated rings. The minimum atomic E-state index is -2.67. The third-order valence-corrected chi connectivity index (χ3v) is 3.38. The normalized spacial score (nSPS) is 22.5. The first kappa shape index (κ1) is 10.8. The monoisotopic (exact) mass is 328 g/mol. The van der Waals surface area contributed by atoms with Crippen molar-refractivity contribution in [2.24, 2.45) is 0 Å². The number of esters is 1. The van der Waals surface area contributed by atoms with Gasteiger partial charge in [0.2, 0.25) is 0 Å². The van der Waals surface area contributed by atoms with Gasteiger partial charge < -0.3 is 4.74 Å². The molecule has 0 aromatic carbocycles. The van der Waals surface area contributed by atoms with Crippen LogP contribution in [0.4, 0.5) is 8.78 Å². The molecule has 0 spiro atoms. The molecule has 15 heavy (non-hydrogen) atoms. The van der Waals surface area contributed by atoms with Crippen LogP contribution in [0.3, 0.4) is 0 Å². The Morgan fingerprint density at radius 3 is 2.80 bits per heavy atom. The van der Waals surface area contributed by atoms with Crippen LogP contribution in [0.15, 0.2) is 0 Å². The fraction of sp³-hybridized carbons (Fsp3) is 0.500. The second-order valence-corrected chi connectivity index (χ2v) is 4.39. The van der Waals surface area contributed by atoms with E-state index in [2.05, 4.69) is 14.9 Å². The Kier molecular flexibility index (Phi) is 2.44. The predicted octanol–water partition coefficient (Wildman–Crippen LogP) is 1.92. The van der Waals surface area contributed by atoms with Gasteiger partial charge in [0, 0.05) is 6.42 Å². The molecule has 1 aliphatic carbocycles. The molecule has 2 rings (SSSR count). The van der Waals surface area contributed by atoms with Crippen molar-refractivity contribution < 1.29 is 18.3 Å². The van der Waals surface area contributed by atoms with E-state index < -0.39 is 17.8 Å². The second kappa shape index (κ2) is 3.39. The highest BCUT2D eigenvalue weighted by molar-refractivity contribution is 14.1. The summed E-state index contributed by atoms with van der Waals surface area (Å²) in [6, 6.07) is 0. The zero-order valence-electron chi connectivity index (χ0n) is 7.68. The van der Waals surface area contributed by atoms with Crippen LogP contribution in [0.2, 0.25) is 0 Å². The minimum absolute atomic E-state index is 0.0656. The van der Waals surface area contributed by atoms with Gasteiger partial charge in [-0.3, -0.25) is 5.10 Å². The lowest BCUT2D eigenvalue weighted by molar-refractivity contribution is 0.0592. The SMILES string of the molecule is COC(=O)c1n[nH]c(C2CC2(F)F)c1I. The van der Waals surface area contributed by atoms with Gasteiger partial charge in [0.1, 0.15) is 0 Å². The number of rotatable bonds is 2. The number of carbonyl (C=O) groups excluding carboxylic acids is 1. The number of halogens is 3. The molecule has 0 amide bonds. The fourth-order valence-corrected chi connectivity index (χ4v) is 2.17. The summed E-state index contributed by atoms with van der Waals surface area (Å²) in [6.07, 6.45) is -0.189. The molecular weight excluding hydrogens is 321 g/mol. The van der Waals surface area contributed by atoms with Crippen molar-refractivity contribution in [2.45, 2.75) is 18.3 Å². The van der Waals surface area contributed by atoms with Crippen LogP contribution in [0.1, 0.15) is 28.5 Å². The van der Waals surface area contributed by atoms with Gasteiger partial charge in [0.15, 0.2) is 5.69 Å². The van der Waals surface area contributed by atoms with Crippen LogP contribution in [-0.4, -0.2) is 29.2 Å². The third-order valence-electron chi connectivity index (χ3n) is 2.29. The van der Waals surface area contributed by atoms with E-state index in [0.717, 1.165) is 0 Å². The molecule has 0 saturated heterocycles. The molecule has 4 nitrogen and oxygen atoms in total. The average Bonchev–Trinajstić information content (AvgIpc) is 2.64. The maximum absolute atomic E-state index is 12.8. The molecule has 1 aliphatic rings. The van der Waals surface area contributed by atoms with Gasteiger partial charge in [0.05, 0.1) is 22.3 Å². The average molecular weight is 328 g/mol. The number of aromatic amines is 1. The lowest BCUT2D eigenvalue weighted by atomic mass is 10.2. The van der Waals surface area contributed by atoms with Crippen molar-refractivity contribution in [2.75, 3.05) is 7.11 Å². The highest BCUT2D eigenvalue weighted by Crippen LogP contribution is 2.56. The summed E-state index contributed by atoms with van der Waals surface area (Å²) in [6.45, 7) is 0.